The number of hydrogen-bond acceptors (Lipinski definition) is 5. The molecule has 1 aliphatic rings. The minimum atomic E-state index is -0.622. The van der Waals surface area contributed by atoms with Gasteiger partial charge in [-0.2, -0.15) is 0 Å². The van der Waals surface area contributed by atoms with Crippen molar-refractivity contribution in [1.82, 2.24) is 5.32 Å². The van der Waals surface area contributed by atoms with Crippen molar-refractivity contribution in [3.8, 4) is 0 Å². The van der Waals surface area contributed by atoms with Gasteiger partial charge in [0.05, 0.1) is 6.10 Å². The van der Waals surface area contributed by atoms with Gasteiger partial charge < -0.3 is 15.2 Å². The number of ether oxygens (including phenoxy) is 1. The number of nitrogens with one attached hydrogen (secondary N) is 1. The van der Waals surface area contributed by atoms with E-state index in [1.165, 1.54) is 6.92 Å². The molecule has 1 fully saturated rings. The zero-order chi connectivity index (χ0) is 9.14. The van der Waals surface area contributed by atoms with Gasteiger partial charge in [-0.15, -0.1) is 0 Å². The molecular formula is C7H11NO4. The number of β-amino-alcohol motifs (C(OH)–C–C–N with tert-alkyl or cyclic N) is 1. The summed E-state index contributed by atoms with van der Waals surface area (Å²) in [6.07, 6.45) is -0.207. The number of hydrogen-bond donors (Lipinski definition) is 2. The summed E-state index contributed by atoms with van der Waals surface area (Å²) in [5, 5.41) is 11.8. The molecule has 1 rings (SSSR count). The van der Waals surface area contributed by atoms with Crippen LogP contribution in [-0.2, 0) is 14.3 Å². The molecule has 2 N–H and O–H groups in total. The van der Waals surface area contributed by atoms with Crippen LogP contribution in [0, 0.1) is 0 Å². The second kappa shape index (κ2) is 3.64. The van der Waals surface area contributed by atoms with Crippen molar-refractivity contribution in [3.63, 3.8) is 0 Å². The number of aliphatic hydroxyl groups excluding tert-OH is 1. The van der Waals surface area contributed by atoms with Crippen LogP contribution in [0.3, 0.4) is 0 Å². The molecule has 0 aliphatic carbocycles. The molecule has 0 spiro atoms. The van der Waals surface area contributed by atoms with Crippen molar-refractivity contribution in [1.29, 1.82) is 0 Å². The number of carbonyl (C=O) groups excluding carboxylic acids is 2. The molecule has 5 nitrogen and oxygen atoms in total. The molecule has 0 amide bonds. The molecule has 0 unspecified atom stereocenters. The summed E-state index contributed by atoms with van der Waals surface area (Å²) in [7, 11) is 0. The molecular weight excluding hydrogens is 162 g/mol. The smallest absolute Gasteiger partial charge is 0.330 e. The lowest BCUT2D eigenvalue weighted by atomic mass is 10.2. The third-order valence-corrected chi connectivity index (χ3v) is 1.64. The lowest BCUT2D eigenvalue weighted by molar-refractivity contribution is -0.159. The molecule has 68 valence electrons. The highest BCUT2D eigenvalue weighted by Crippen LogP contribution is 2.07. The summed E-state index contributed by atoms with van der Waals surface area (Å²) in [6, 6.07) is -0.538. The van der Waals surface area contributed by atoms with E-state index in [9.17, 15) is 9.59 Å². The zero-order valence-electron chi connectivity index (χ0n) is 6.74. The van der Waals surface area contributed by atoms with E-state index in [1.807, 2.05) is 0 Å². The van der Waals surface area contributed by atoms with Crippen LogP contribution in [0.4, 0.5) is 0 Å². The maximum Gasteiger partial charge on any atom is 0.330 e. The molecule has 0 aromatic heterocycles. The van der Waals surface area contributed by atoms with E-state index in [2.05, 4.69) is 10.1 Å². The topological polar surface area (TPSA) is 75.6 Å². The number of esters is 2. The van der Waals surface area contributed by atoms with Gasteiger partial charge in [-0.05, 0) is 0 Å². The van der Waals surface area contributed by atoms with E-state index in [4.69, 9.17) is 5.11 Å². The first-order chi connectivity index (χ1) is 5.59. The van der Waals surface area contributed by atoms with E-state index in [1.54, 1.807) is 0 Å². The molecule has 0 radical (unpaired) electrons. The summed E-state index contributed by atoms with van der Waals surface area (Å²) in [4.78, 5) is 21.3. The van der Waals surface area contributed by atoms with Crippen LogP contribution in [0.25, 0.3) is 0 Å². The molecule has 0 bridgehead atoms. The Kier molecular flexibility index (Phi) is 2.78. The standard InChI is InChI=1S/C7H11NO4/c1-4(9)12-7(11)6-2-5(10)3-8-6/h5-6,8,10H,2-3H2,1H3/t5-,6-/m0/s1. The average molecular weight is 173 g/mol. The summed E-state index contributed by atoms with van der Waals surface area (Å²) in [6.45, 7) is 1.54. The van der Waals surface area contributed by atoms with Crippen LogP contribution < -0.4 is 5.32 Å². The lowest BCUT2D eigenvalue weighted by Crippen LogP contribution is -2.33. The van der Waals surface area contributed by atoms with Gasteiger partial charge in [0.25, 0.3) is 0 Å². The van der Waals surface area contributed by atoms with Crippen LogP contribution in [0.15, 0.2) is 0 Å². The molecule has 5 heteroatoms. The molecule has 1 heterocycles. The van der Waals surface area contributed by atoms with E-state index in [-0.39, 0.29) is 0 Å². The van der Waals surface area contributed by atoms with E-state index in [0.717, 1.165) is 0 Å². The Morgan fingerprint density at radius 1 is 1.58 bits per heavy atom. The SMILES string of the molecule is CC(=O)OC(=O)[C@@H]1C[C@H](O)CN1. The normalized spacial score (nSPS) is 28.5. The van der Waals surface area contributed by atoms with Gasteiger partial charge in [-0.1, -0.05) is 0 Å². The fourth-order valence-electron chi connectivity index (χ4n) is 1.11. The highest BCUT2D eigenvalue weighted by Gasteiger charge is 2.29. The van der Waals surface area contributed by atoms with Gasteiger partial charge in [-0.3, -0.25) is 4.79 Å². The van der Waals surface area contributed by atoms with E-state index in [0.29, 0.717) is 13.0 Å². The third kappa shape index (κ3) is 2.28. The lowest BCUT2D eigenvalue weighted by Gasteiger charge is -2.06. The van der Waals surface area contributed by atoms with Gasteiger partial charge in [0.2, 0.25) is 0 Å². The van der Waals surface area contributed by atoms with Crippen molar-refractivity contribution in [3.05, 3.63) is 0 Å². The molecule has 0 aromatic carbocycles. The van der Waals surface area contributed by atoms with Crippen molar-refractivity contribution >= 4 is 11.9 Å². The summed E-state index contributed by atoms with van der Waals surface area (Å²) < 4.78 is 4.33. The second-order valence-electron chi connectivity index (χ2n) is 2.76. The third-order valence-electron chi connectivity index (χ3n) is 1.64. The maximum atomic E-state index is 11.0. The minimum Gasteiger partial charge on any atom is -0.392 e. The predicted octanol–water partition coefficient (Wildman–Crippen LogP) is -1.20. The highest BCUT2D eigenvalue weighted by atomic mass is 16.6. The first-order valence-electron chi connectivity index (χ1n) is 3.73. The quantitative estimate of drug-likeness (QED) is 0.385. The van der Waals surface area contributed by atoms with Gasteiger partial charge >= 0.3 is 11.9 Å². The molecule has 0 saturated carbocycles. The summed E-state index contributed by atoms with van der Waals surface area (Å²) >= 11 is 0. The zero-order valence-corrected chi connectivity index (χ0v) is 6.74. The fraction of sp³-hybridized carbons (Fsp3) is 0.714. The number of rotatable bonds is 1. The Hall–Kier alpha value is -0.940. The van der Waals surface area contributed by atoms with Crippen LogP contribution >= 0.6 is 0 Å². The van der Waals surface area contributed by atoms with Crippen molar-refractivity contribution < 1.29 is 19.4 Å². The monoisotopic (exact) mass is 173 g/mol. The molecule has 2 atom stereocenters. The number of aliphatic hydroxyl groups is 1. The van der Waals surface area contributed by atoms with Crippen LogP contribution in [0.2, 0.25) is 0 Å². The maximum absolute atomic E-state index is 11.0. The van der Waals surface area contributed by atoms with Gasteiger partial charge in [0.1, 0.15) is 6.04 Å². The minimum absolute atomic E-state index is 0.312. The van der Waals surface area contributed by atoms with Crippen LogP contribution in [-0.4, -0.2) is 35.7 Å². The molecule has 1 aliphatic heterocycles. The Bertz CT molecular complexity index is 204. The predicted molar refractivity (Wildman–Crippen MR) is 39.2 cm³/mol. The Morgan fingerprint density at radius 3 is 2.67 bits per heavy atom. The average Bonchev–Trinajstić information content (AvgIpc) is 2.34. The van der Waals surface area contributed by atoms with Crippen molar-refractivity contribution in [2.75, 3.05) is 6.54 Å². The Labute approximate surface area is 69.7 Å². The summed E-state index contributed by atoms with van der Waals surface area (Å²) in [5.41, 5.74) is 0. The number of carbonyl (C=O) groups is 2. The van der Waals surface area contributed by atoms with E-state index < -0.39 is 24.1 Å². The first-order valence-corrected chi connectivity index (χ1v) is 3.73. The van der Waals surface area contributed by atoms with Crippen LogP contribution in [0.5, 0.6) is 0 Å². The molecule has 0 aromatic rings. The fourth-order valence-corrected chi connectivity index (χ4v) is 1.11. The van der Waals surface area contributed by atoms with Crippen LogP contribution in [0.1, 0.15) is 13.3 Å². The van der Waals surface area contributed by atoms with Crippen molar-refractivity contribution in [2.45, 2.75) is 25.5 Å². The Morgan fingerprint density at radius 2 is 2.25 bits per heavy atom. The molecule has 12 heavy (non-hydrogen) atoms. The highest BCUT2D eigenvalue weighted by molar-refractivity contribution is 5.87. The van der Waals surface area contributed by atoms with Gasteiger partial charge in [0.15, 0.2) is 0 Å². The van der Waals surface area contributed by atoms with Gasteiger partial charge in [0, 0.05) is 19.9 Å². The first kappa shape index (κ1) is 9.15. The largest absolute Gasteiger partial charge is 0.392 e. The molecule has 1 saturated heterocycles. The van der Waals surface area contributed by atoms with Gasteiger partial charge in [-0.25, -0.2) is 4.79 Å². The van der Waals surface area contributed by atoms with E-state index >= 15 is 0 Å². The summed E-state index contributed by atoms with van der Waals surface area (Å²) in [5.74, 6) is -1.23. The Balaban J connectivity index is 2.38. The second-order valence-corrected chi connectivity index (χ2v) is 2.76. The van der Waals surface area contributed by atoms with Crippen molar-refractivity contribution in [2.24, 2.45) is 0 Å².